The standard InChI is InChI=1S/C13H25F3N2O2/c1-6-17-12(5,11(19)20-7-2)8-18(10(3)4)9-13(14,15)16/h10,17H,6-9H2,1-5H3. The molecule has 4 nitrogen and oxygen atoms in total. The largest absolute Gasteiger partial charge is 0.465 e. The first-order valence-electron chi connectivity index (χ1n) is 6.78. The van der Waals surface area contributed by atoms with Crippen molar-refractivity contribution in [1.29, 1.82) is 0 Å². The number of halogens is 3. The Morgan fingerprint density at radius 3 is 2.15 bits per heavy atom. The first-order chi connectivity index (χ1) is 9.05. The average molecular weight is 298 g/mol. The van der Waals surface area contributed by atoms with Crippen molar-refractivity contribution < 1.29 is 22.7 Å². The van der Waals surface area contributed by atoms with Crippen LogP contribution in [0.2, 0.25) is 0 Å². The van der Waals surface area contributed by atoms with Crippen LogP contribution in [0.5, 0.6) is 0 Å². The van der Waals surface area contributed by atoms with Crippen LogP contribution < -0.4 is 5.32 Å². The lowest BCUT2D eigenvalue weighted by molar-refractivity contribution is -0.161. The number of likely N-dealkylation sites (N-methyl/N-ethyl adjacent to an activating group) is 1. The number of rotatable bonds is 8. The van der Waals surface area contributed by atoms with Crippen LogP contribution in [0.25, 0.3) is 0 Å². The molecule has 0 aliphatic heterocycles. The third-order valence-corrected chi connectivity index (χ3v) is 2.92. The van der Waals surface area contributed by atoms with Gasteiger partial charge in [0.05, 0.1) is 13.2 Å². The first kappa shape index (κ1) is 19.2. The van der Waals surface area contributed by atoms with Crippen LogP contribution in [0.15, 0.2) is 0 Å². The molecule has 0 aliphatic rings. The Morgan fingerprint density at radius 1 is 1.25 bits per heavy atom. The maximum Gasteiger partial charge on any atom is 0.401 e. The van der Waals surface area contributed by atoms with Crippen molar-refractivity contribution in [3.8, 4) is 0 Å². The van der Waals surface area contributed by atoms with Crippen molar-refractivity contribution in [1.82, 2.24) is 10.2 Å². The molecule has 0 aromatic heterocycles. The van der Waals surface area contributed by atoms with Crippen LogP contribution in [0.4, 0.5) is 13.2 Å². The molecule has 0 bridgehead atoms. The van der Waals surface area contributed by atoms with E-state index < -0.39 is 24.2 Å². The smallest absolute Gasteiger partial charge is 0.401 e. The van der Waals surface area contributed by atoms with E-state index in [1.807, 2.05) is 0 Å². The normalized spacial score (nSPS) is 15.5. The van der Waals surface area contributed by atoms with Gasteiger partial charge in [0.15, 0.2) is 0 Å². The highest BCUT2D eigenvalue weighted by Gasteiger charge is 2.40. The van der Waals surface area contributed by atoms with Gasteiger partial charge in [-0.25, -0.2) is 0 Å². The van der Waals surface area contributed by atoms with E-state index >= 15 is 0 Å². The van der Waals surface area contributed by atoms with E-state index in [0.717, 1.165) is 0 Å². The molecule has 1 unspecified atom stereocenters. The van der Waals surface area contributed by atoms with Crippen molar-refractivity contribution in [2.45, 2.75) is 52.4 Å². The van der Waals surface area contributed by atoms with E-state index in [1.165, 1.54) is 4.90 Å². The van der Waals surface area contributed by atoms with Gasteiger partial charge < -0.3 is 10.1 Å². The zero-order valence-corrected chi connectivity index (χ0v) is 12.8. The number of hydrogen-bond donors (Lipinski definition) is 1. The molecule has 0 rings (SSSR count). The maximum atomic E-state index is 12.6. The fraction of sp³-hybridized carbons (Fsp3) is 0.923. The van der Waals surface area contributed by atoms with E-state index in [-0.39, 0.29) is 19.2 Å². The molecular weight excluding hydrogens is 273 g/mol. The molecule has 0 amide bonds. The van der Waals surface area contributed by atoms with E-state index in [1.54, 1.807) is 34.6 Å². The lowest BCUT2D eigenvalue weighted by Crippen LogP contribution is -2.59. The van der Waals surface area contributed by atoms with E-state index in [2.05, 4.69) is 5.32 Å². The summed E-state index contributed by atoms with van der Waals surface area (Å²) in [6.07, 6.45) is -4.30. The molecule has 1 N–H and O–H groups in total. The highest BCUT2D eigenvalue weighted by molar-refractivity contribution is 5.80. The van der Waals surface area contributed by atoms with Gasteiger partial charge >= 0.3 is 12.1 Å². The van der Waals surface area contributed by atoms with Crippen LogP contribution >= 0.6 is 0 Å². The van der Waals surface area contributed by atoms with Gasteiger partial charge in [0, 0.05) is 12.6 Å². The third-order valence-electron chi connectivity index (χ3n) is 2.92. The Balaban J connectivity index is 5.04. The number of nitrogens with one attached hydrogen (secondary N) is 1. The lowest BCUT2D eigenvalue weighted by Gasteiger charge is -2.36. The van der Waals surface area contributed by atoms with Gasteiger partial charge in [-0.15, -0.1) is 0 Å². The summed E-state index contributed by atoms with van der Waals surface area (Å²) in [6.45, 7) is 7.92. The van der Waals surface area contributed by atoms with Gasteiger partial charge in [-0.3, -0.25) is 9.69 Å². The van der Waals surface area contributed by atoms with Crippen molar-refractivity contribution >= 4 is 5.97 Å². The van der Waals surface area contributed by atoms with Crippen molar-refractivity contribution in [3.05, 3.63) is 0 Å². The Hall–Kier alpha value is -0.820. The lowest BCUT2D eigenvalue weighted by atomic mass is 10.0. The number of esters is 1. The minimum atomic E-state index is -4.30. The van der Waals surface area contributed by atoms with E-state index in [4.69, 9.17) is 4.74 Å². The molecule has 0 fully saturated rings. The molecule has 7 heteroatoms. The summed E-state index contributed by atoms with van der Waals surface area (Å²) in [5.41, 5.74) is -1.15. The van der Waals surface area contributed by atoms with Crippen LogP contribution in [-0.2, 0) is 9.53 Å². The number of nitrogens with zero attached hydrogens (tertiary/aromatic N) is 1. The number of ether oxygens (including phenoxy) is 1. The zero-order chi connectivity index (χ0) is 16.0. The van der Waals surface area contributed by atoms with Crippen molar-refractivity contribution in [2.75, 3.05) is 26.2 Å². The van der Waals surface area contributed by atoms with E-state index in [0.29, 0.717) is 6.54 Å². The number of hydrogen-bond acceptors (Lipinski definition) is 4. The van der Waals surface area contributed by atoms with Crippen LogP contribution in [-0.4, -0.2) is 54.9 Å². The number of carbonyl (C=O) groups excluding carboxylic acids is 1. The molecule has 0 saturated heterocycles. The van der Waals surface area contributed by atoms with Gasteiger partial charge in [-0.2, -0.15) is 13.2 Å². The van der Waals surface area contributed by atoms with E-state index in [9.17, 15) is 18.0 Å². The summed E-state index contributed by atoms with van der Waals surface area (Å²) in [4.78, 5) is 13.2. The summed E-state index contributed by atoms with van der Waals surface area (Å²) < 4.78 is 42.8. The SMILES string of the molecule is CCNC(C)(CN(CC(F)(F)F)C(C)C)C(=O)OCC. The Bertz CT molecular complexity index is 308. The van der Waals surface area contributed by atoms with Gasteiger partial charge in [-0.05, 0) is 34.2 Å². The monoisotopic (exact) mass is 298 g/mol. The minimum absolute atomic E-state index is 0.0587. The van der Waals surface area contributed by atoms with Crippen LogP contribution in [0.1, 0.15) is 34.6 Å². The summed E-state index contributed by atoms with van der Waals surface area (Å²) >= 11 is 0. The Morgan fingerprint density at radius 2 is 1.80 bits per heavy atom. The molecule has 0 aromatic rings. The minimum Gasteiger partial charge on any atom is -0.465 e. The summed E-state index contributed by atoms with van der Waals surface area (Å²) in [5, 5.41) is 2.93. The topological polar surface area (TPSA) is 41.6 Å². The Kier molecular flexibility index (Phi) is 7.51. The predicted molar refractivity (Wildman–Crippen MR) is 71.5 cm³/mol. The molecule has 0 spiro atoms. The molecule has 1 atom stereocenters. The van der Waals surface area contributed by atoms with Crippen LogP contribution in [0, 0.1) is 0 Å². The van der Waals surface area contributed by atoms with Gasteiger partial charge in [0.25, 0.3) is 0 Å². The molecule has 0 aromatic carbocycles. The third kappa shape index (κ3) is 6.56. The van der Waals surface area contributed by atoms with Gasteiger partial charge in [-0.1, -0.05) is 6.92 Å². The second-order valence-corrected chi connectivity index (χ2v) is 5.20. The van der Waals surface area contributed by atoms with Crippen molar-refractivity contribution in [2.24, 2.45) is 0 Å². The molecule has 0 radical (unpaired) electrons. The predicted octanol–water partition coefficient (Wildman–Crippen LogP) is 2.19. The van der Waals surface area contributed by atoms with Gasteiger partial charge in [0.2, 0.25) is 0 Å². The molecule has 120 valence electrons. The second kappa shape index (κ2) is 7.83. The summed E-state index contributed by atoms with van der Waals surface area (Å²) in [6, 6.07) is -0.330. The average Bonchev–Trinajstić information content (AvgIpc) is 2.26. The highest BCUT2D eigenvalue weighted by Crippen LogP contribution is 2.20. The second-order valence-electron chi connectivity index (χ2n) is 5.20. The molecule has 0 saturated carbocycles. The van der Waals surface area contributed by atoms with Gasteiger partial charge in [0.1, 0.15) is 5.54 Å². The molecule has 20 heavy (non-hydrogen) atoms. The van der Waals surface area contributed by atoms with Crippen LogP contribution in [0.3, 0.4) is 0 Å². The summed E-state index contributed by atoms with van der Waals surface area (Å²) in [7, 11) is 0. The van der Waals surface area contributed by atoms with Crippen molar-refractivity contribution in [3.63, 3.8) is 0 Å². The fourth-order valence-electron chi connectivity index (χ4n) is 1.93. The summed E-state index contributed by atoms with van der Waals surface area (Å²) in [5.74, 6) is -0.533. The number of alkyl halides is 3. The maximum absolute atomic E-state index is 12.6. The molecule has 0 aliphatic carbocycles. The molecule has 0 heterocycles. The quantitative estimate of drug-likeness (QED) is 0.698. The first-order valence-corrected chi connectivity index (χ1v) is 6.78. The fourth-order valence-corrected chi connectivity index (χ4v) is 1.93. The molecular formula is C13H25F3N2O2. The zero-order valence-electron chi connectivity index (χ0n) is 12.8. The highest BCUT2D eigenvalue weighted by atomic mass is 19.4. The Labute approximate surface area is 118 Å². The number of carbonyl (C=O) groups is 1.